The number of amidine groups is 1. The maximum absolute atomic E-state index is 8.67. The van der Waals surface area contributed by atoms with Crippen LogP contribution >= 0.6 is 15.9 Å². The Morgan fingerprint density at radius 1 is 1.65 bits per heavy atom. The van der Waals surface area contributed by atoms with Gasteiger partial charge in [0.25, 0.3) is 0 Å². The largest absolute Gasteiger partial charge is 0.382 e. The van der Waals surface area contributed by atoms with Crippen LogP contribution in [0.3, 0.4) is 0 Å². The number of rotatable bonds is 4. The summed E-state index contributed by atoms with van der Waals surface area (Å²) < 4.78 is 0.849. The van der Waals surface area contributed by atoms with Crippen molar-refractivity contribution in [2.45, 2.75) is 13.3 Å². The van der Waals surface area contributed by atoms with Crippen LogP contribution in [-0.4, -0.2) is 11.5 Å². The second kappa shape index (κ2) is 6.01. The van der Waals surface area contributed by atoms with Gasteiger partial charge >= 0.3 is 0 Å². The van der Waals surface area contributed by atoms with Gasteiger partial charge in [0.15, 0.2) is 5.84 Å². The zero-order chi connectivity index (χ0) is 12.8. The molecule has 0 saturated carbocycles. The first-order valence-electron chi connectivity index (χ1n) is 4.95. The number of hydrazone groups is 1. The van der Waals surface area contributed by atoms with E-state index in [1.54, 1.807) is 6.07 Å². The van der Waals surface area contributed by atoms with Crippen LogP contribution < -0.4 is 11.2 Å². The minimum atomic E-state index is -0.360. The Bertz CT molecular complexity index is 501. The molecule has 5 nitrogen and oxygen atoms in total. The Kier molecular flexibility index (Phi) is 4.67. The van der Waals surface area contributed by atoms with Crippen molar-refractivity contribution in [2.75, 3.05) is 5.43 Å². The molecule has 88 valence electrons. The third kappa shape index (κ3) is 3.57. The molecule has 0 fully saturated rings. The Labute approximate surface area is 108 Å². The molecule has 0 saturated heterocycles. The summed E-state index contributed by atoms with van der Waals surface area (Å²) >= 11 is 3.40. The summed E-state index contributed by atoms with van der Waals surface area (Å²) in [5.74, 6) is -0.360. The highest BCUT2D eigenvalue weighted by Crippen LogP contribution is 2.23. The summed E-state index contributed by atoms with van der Waals surface area (Å²) in [6.07, 6.45) is 0.943. The standard InChI is InChI=1S/C11H12BrN5/c1-2-7-3-4-9(8(12)5-7)16-17-10(6-13)11(14)15/h3-5,16H,2H2,1H3,(H3,14,15)/b17-10+. The molecule has 0 atom stereocenters. The van der Waals surface area contributed by atoms with Gasteiger partial charge in [-0.25, -0.2) is 0 Å². The minimum Gasteiger partial charge on any atom is -0.382 e. The molecule has 0 heterocycles. The van der Waals surface area contributed by atoms with E-state index in [1.807, 2.05) is 18.2 Å². The smallest absolute Gasteiger partial charge is 0.201 e. The van der Waals surface area contributed by atoms with E-state index in [9.17, 15) is 0 Å². The summed E-state index contributed by atoms with van der Waals surface area (Å²) in [4.78, 5) is 0. The van der Waals surface area contributed by atoms with E-state index < -0.39 is 0 Å². The number of hydrogen-bond donors (Lipinski definition) is 3. The van der Waals surface area contributed by atoms with Crippen molar-refractivity contribution in [3.8, 4) is 6.07 Å². The van der Waals surface area contributed by atoms with Crippen molar-refractivity contribution in [3.63, 3.8) is 0 Å². The monoisotopic (exact) mass is 293 g/mol. The number of nitriles is 1. The lowest BCUT2D eigenvalue weighted by molar-refractivity contribution is 1.13. The summed E-state index contributed by atoms with van der Waals surface area (Å²) in [7, 11) is 0. The lowest BCUT2D eigenvalue weighted by Gasteiger charge is -2.05. The maximum atomic E-state index is 8.67. The van der Waals surface area contributed by atoms with Crippen molar-refractivity contribution in [1.29, 1.82) is 10.7 Å². The third-order valence-electron chi connectivity index (χ3n) is 2.09. The first-order chi connectivity index (χ1) is 8.08. The fraction of sp³-hybridized carbons (Fsp3) is 0.182. The zero-order valence-electron chi connectivity index (χ0n) is 9.29. The van der Waals surface area contributed by atoms with Gasteiger partial charge in [-0.05, 0) is 40.0 Å². The highest BCUT2D eigenvalue weighted by Gasteiger charge is 2.03. The van der Waals surface area contributed by atoms with Gasteiger partial charge in [-0.15, -0.1) is 0 Å². The van der Waals surface area contributed by atoms with Crippen molar-refractivity contribution >= 4 is 33.2 Å². The average Bonchev–Trinajstić information content (AvgIpc) is 2.31. The number of hydrogen-bond acceptors (Lipinski definition) is 4. The van der Waals surface area contributed by atoms with E-state index in [0.29, 0.717) is 0 Å². The van der Waals surface area contributed by atoms with Crippen molar-refractivity contribution in [2.24, 2.45) is 10.8 Å². The van der Waals surface area contributed by atoms with Crippen LogP contribution in [-0.2, 0) is 6.42 Å². The molecule has 0 amide bonds. The van der Waals surface area contributed by atoms with Crippen molar-refractivity contribution < 1.29 is 0 Å². The number of anilines is 1. The van der Waals surface area contributed by atoms with Gasteiger partial charge in [0.2, 0.25) is 5.71 Å². The van der Waals surface area contributed by atoms with Gasteiger partial charge in [0.05, 0.1) is 5.69 Å². The average molecular weight is 294 g/mol. The molecule has 0 spiro atoms. The van der Waals surface area contributed by atoms with E-state index in [4.69, 9.17) is 16.4 Å². The van der Waals surface area contributed by atoms with Crippen LogP contribution in [0.25, 0.3) is 0 Å². The number of nitrogens with zero attached hydrogens (tertiary/aromatic N) is 2. The second-order valence-electron chi connectivity index (χ2n) is 3.27. The topological polar surface area (TPSA) is 98.0 Å². The molecule has 17 heavy (non-hydrogen) atoms. The van der Waals surface area contributed by atoms with Crippen LogP contribution in [0.2, 0.25) is 0 Å². The summed E-state index contributed by atoms with van der Waals surface area (Å²) in [6.45, 7) is 2.07. The van der Waals surface area contributed by atoms with Crippen LogP contribution in [0.1, 0.15) is 12.5 Å². The van der Waals surface area contributed by atoms with E-state index in [0.717, 1.165) is 16.6 Å². The van der Waals surface area contributed by atoms with Gasteiger partial charge in [0, 0.05) is 4.47 Å². The summed E-state index contributed by atoms with van der Waals surface area (Å²) in [6, 6.07) is 7.52. The quantitative estimate of drug-likeness (QED) is 0.451. The first-order valence-corrected chi connectivity index (χ1v) is 5.74. The van der Waals surface area contributed by atoms with Crippen LogP contribution in [0.4, 0.5) is 5.69 Å². The third-order valence-corrected chi connectivity index (χ3v) is 2.75. The molecule has 0 aliphatic heterocycles. The lowest BCUT2D eigenvalue weighted by Crippen LogP contribution is -2.21. The molecular formula is C11H12BrN5. The zero-order valence-corrected chi connectivity index (χ0v) is 10.9. The Morgan fingerprint density at radius 2 is 2.35 bits per heavy atom. The Balaban J connectivity index is 2.90. The Hall–Kier alpha value is -1.87. The fourth-order valence-corrected chi connectivity index (χ4v) is 1.65. The molecule has 1 aromatic carbocycles. The van der Waals surface area contributed by atoms with Gasteiger partial charge in [-0.1, -0.05) is 13.0 Å². The fourth-order valence-electron chi connectivity index (χ4n) is 1.13. The van der Waals surface area contributed by atoms with E-state index in [-0.39, 0.29) is 11.5 Å². The maximum Gasteiger partial charge on any atom is 0.201 e. The number of nitrogens with two attached hydrogens (primary N) is 1. The molecule has 0 radical (unpaired) electrons. The van der Waals surface area contributed by atoms with Gasteiger partial charge < -0.3 is 5.73 Å². The van der Waals surface area contributed by atoms with Crippen LogP contribution in [0.5, 0.6) is 0 Å². The lowest BCUT2D eigenvalue weighted by atomic mass is 10.1. The van der Waals surface area contributed by atoms with Gasteiger partial charge in [-0.2, -0.15) is 10.4 Å². The van der Waals surface area contributed by atoms with Crippen LogP contribution in [0, 0.1) is 16.7 Å². The van der Waals surface area contributed by atoms with Crippen molar-refractivity contribution in [1.82, 2.24) is 0 Å². The Morgan fingerprint density at radius 3 is 2.82 bits per heavy atom. The highest BCUT2D eigenvalue weighted by atomic mass is 79.9. The molecule has 0 aliphatic carbocycles. The molecule has 1 rings (SSSR count). The summed E-state index contributed by atoms with van der Waals surface area (Å²) in [5.41, 5.74) is 9.64. The van der Waals surface area contributed by atoms with Crippen LogP contribution in [0.15, 0.2) is 27.8 Å². The number of benzene rings is 1. The molecule has 0 bridgehead atoms. The van der Waals surface area contributed by atoms with Crippen molar-refractivity contribution in [3.05, 3.63) is 28.2 Å². The second-order valence-corrected chi connectivity index (χ2v) is 4.12. The first kappa shape index (κ1) is 13.2. The molecule has 0 aliphatic rings. The van der Waals surface area contributed by atoms with E-state index in [2.05, 4.69) is 33.4 Å². The molecule has 4 N–H and O–H groups in total. The molecule has 1 aromatic rings. The highest BCUT2D eigenvalue weighted by molar-refractivity contribution is 9.10. The number of halogens is 1. The molecule has 0 unspecified atom stereocenters. The van der Waals surface area contributed by atoms with E-state index >= 15 is 0 Å². The predicted octanol–water partition coefficient (Wildman–Crippen LogP) is 2.24. The molecule has 6 heteroatoms. The van der Waals surface area contributed by atoms with E-state index in [1.165, 1.54) is 5.56 Å². The molecular weight excluding hydrogens is 282 g/mol. The number of aryl methyl sites for hydroxylation is 1. The van der Waals surface area contributed by atoms with Gasteiger partial charge in [0.1, 0.15) is 6.07 Å². The SMILES string of the molecule is CCc1ccc(N/N=C(\C#N)C(=N)N)c(Br)c1. The minimum absolute atomic E-state index is 0.142. The summed E-state index contributed by atoms with van der Waals surface area (Å²) in [5, 5.41) is 19.5. The molecule has 0 aromatic heterocycles. The van der Waals surface area contributed by atoms with Gasteiger partial charge in [-0.3, -0.25) is 10.8 Å². The number of nitrogens with one attached hydrogen (secondary N) is 2. The normalized spacial score (nSPS) is 10.8. The predicted molar refractivity (Wildman–Crippen MR) is 72.1 cm³/mol.